The van der Waals surface area contributed by atoms with Crippen LogP contribution in [0.15, 0.2) is 91.0 Å². The van der Waals surface area contributed by atoms with Gasteiger partial charge in [0.1, 0.15) is 12.4 Å². The van der Waals surface area contributed by atoms with E-state index in [0.717, 1.165) is 39.9 Å². The normalized spacial score (nSPS) is 10.9. The van der Waals surface area contributed by atoms with Crippen LogP contribution in [0.25, 0.3) is 17.0 Å². The number of fused-ring (bicyclic) bond motifs is 1. The maximum Gasteiger partial charge on any atom is 0.119 e. The molecule has 3 heteroatoms. The van der Waals surface area contributed by atoms with Crippen LogP contribution in [0.2, 0.25) is 0 Å². The molecule has 0 radical (unpaired) electrons. The fraction of sp³-hybridized carbons (Fsp3) is 0.0769. The Morgan fingerprint density at radius 1 is 0.862 bits per heavy atom. The molecule has 0 N–H and O–H groups in total. The summed E-state index contributed by atoms with van der Waals surface area (Å²) in [5.41, 5.74) is 5.40. The molecular formula is C26H20N2O. The van der Waals surface area contributed by atoms with E-state index in [1.165, 1.54) is 11.6 Å². The minimum Gasteiger partial charge on any atom is -0.489 e. The van der Waals surface area contributed by atoms with Crippen molar-refractivity contribution in [2.75, 3.05) is 0 Å². The summed E-state index contributed by atoms with van der Waals surface area (Å²) in [7, 11) is 0. The summed E-state index contributed by atoms with van der Waals surface area (Å²) in [4.78, 5) is 4.77. The fourth-order valence-electron chi connectivity index (χ4n) is 3.22. The highest BCUT2D eigenvalue weighted by Gasteiger charge is 2.03. The van der Waals surface area contributed by atoms with Crippen molar-refractivity contribution in [2.24, 2.45) is 0 Å². The topological polar surface area (TPSA) is 45.9 Å². The lowest BCUT2D eigenvalue weighted by molar-refractivity contribution is 0.306. The molecule has 0 aliphatic carbocycles. The molecule has 0 atom stereocenters. The first-order chi connectivity index (χ1) is 14.3. The highest BCUT2D eigenvalue weighted by Crippen LogP contribution is 2.18. The van der Waals surface area contributed by atoms with Crippen LogP contribution in [0.5, 0.6) is 5.75 Å². The largest absolute Gasteiger partial charge is 0.489 e. The van der Waals surface area contributed by atoms with E-state index < -0.39 is 0 Å². The molecule has 0 amide bonds. The zero-order valence-corrected chi connectivity index (χ0v) is 16.0. The van der Waals surface area contributed by atoms with Crippen LogP contribution in [0.3, 0.4) is 0 Å². The molecule has 0 aliphatic heterocycles. The predicted molar refractivity (Wildman–Crippen MR) is 116 cm³/mol. The van der Waals surface area contributed by atoms with Gasteiger partial charge in [0.05, 0.1) is 11.6 Å². The number of rotatable bonds is 6. The molecule has 140 valence electrons. The van der Waals surface area contributed by atoms with E-state index in [4.69, 9.17) is 15.0 Å². The Morgan fingerprint density at radius 2 is 1.69 bits per heavy atom. The molecule has 0 saturated heterocycles. The average molecular weight is 376 g/mol. The Morgan fingerprint density at radius 3 is 2.55 bits per heavy atom. The van der Waals surface area contributed by atoms with Crippen LogP contribution in [-0.4, -0.2) is 4.98 Å². The Hall–Kier alpha value is -3.90. The van der Waals surface area contributed by atoms with Gasteiger partial charge in [0.25, 0.3) is 0 Å². The van der Waals surface area contributed by atoms with E-state index in [-0.39, 0.29) is 0 Å². The number of nitrogens with zero attached hydrogens (tertiary/aromatic N) is 2. The maximum atomic E-state index is 8.59. The Labute approximate surface area is 170 Å². The third-order valence-electron chi connectivity index (χ3n) is 4.67. The Balaban J connectivity index is 1.41. The molecule has 4 rings (SSSR count). The van der Waals surface area contributed by atoms with Gasteiger partial charge in [-0.1, -0.05) is 60.7 Å². The molecule has 1 aromatic heterocycles. The summed E-state index contributed by atoms with van der Waals surface area (Å²) in [5, 5.41) is 9.75. The molecule has 1 heterocycles. The van der Waals surface area contributed by atoms with Gasteiger partial charge in [-0.25, -0.2) is 0 Å². The second-order valence-electron chi connectivity index (χ2n) is 6.81. The van der Waals surface area contributed by atoms with Gasteiger partial charge in [-0.05, 0) is 47.0 Å². The van der Waals surface area contributed by atoms with Gasteiger partial charge >= 0.3 is 0 Å². The third kappa shape index (κ3) is 4.88. The molecule has 0 spiro atoms. The summed E-state index contributed by atoms with van der Waals surface area (Å²) in [6.45, 7) is 0.506. The van der Waals surface area contributed by atoms with Crippen molar-refractivity contribution in [3.05, 3.63) is 113 Å². The minimum absolute atomic E-state index is 0.506. The smallest absolute Gasteiger partial charge is 0.119 e. The van der Waals surface area contributed by atoms with E-state index in [1.807, 2.05) is 48.5 Å². The molecule has 3 aromatic carbocycles. The fourth-order valence-corrected chi connectivity index (χ4v) is 3.22. The number of nitriles is 1. The average Bonchev–Trinajstić information content (AvgIpc) is 2.77. The molecule has 29 heavy (non-hydrogen) atoms. The van der Waals surface area contributed by atoms with E-state index in [9.17, 15) is 0 Å². The molecule has 0 bridgehead atoms. The van der Waals surface area contributed by atoms with Crippen LogP contribution in [-0.2, 0) is 13.0 Å². The molecule has 4 aromatic rings. The maximum absolute atomic E-state index is 8.59. The van der Waals surface area contributed by atoms with Gasteiger partial charge in [0, 0.05) is 23.6 Å². The first kappa shape index (κ1) is 18.5. The first-order valence-corrected chi connectivity index (χ1v) is 9.52. The van der Waals surface area contributed by atoms with E-state index in [1.54, 1.807) is 6.08 Å². The molecule has 0 aliphatic rings. The number of pyridine rings is 1. The van der Waals surface area contributed by atoms with Gasteiger partial charge in [0.2, 0.25) is 0 Å². The van der Waals surface area contributed by atoms with Crippen LogP contribution < -0.4 is 4.74 Å². The van der Waals surface area contributed by atoms with Crippen LogP contribution in [0.4, 0.5) is 0 Å². The van der Waals surface area contributed by atoms with Gasteiger partial charge in [-0.15, -0.1) is 0 Å². The lowest BCUT2D eigenvalue weighted by Crippen LogP contribution is -1.98. The summed E-state index contributed by atoms with van der Waals surface area (Å²) >= 11 is 0. The van der Waals surface area contributed by atoms with Crippen molar-refractivity contribution in [3.8, 4) is 11.8 Å². The number of ether oxygens (including phenoxy) is 1. The van der Waals surface area contributed by atoms with Crippen molar-refractivity contribution < 1.29 is 4.74 Å². The molecule has 0 fully saturated rings. The first-order valence-electron chi connectivity index (χ1n) is 9.52. The van der Waals surface area contributed by atoms with Gasteiger partial charge in [-0.3, -0.25) is 4.98 Å². The SMILES string of the molecule is N#CC=Cc1ccc(OCc2cccc(Cc3ccc4ccccc4n3)c2)cc1. The van der Waals surface area contributed by atoms with Crippen LogP contribution in [0, 0.1) is 11.3 Å². The number of aromatic nitrogens is 1. The highest BCUT2D eigenvalue weighted by molar-refractivity contribution is 5.78. The summed E-state index contributed by atoms with van der Waals surface area (Å²) in [6.07, 6.45) is 4.03. The number of hydrogen-bond acceptors (Lipinski definition) is 3. The van der Waals surface area contributed by atoms with E-state index in [0.29, 0.717) is 6.61 Å². The predicted octanol–water partition coefficient (Wildman–Crippen LogP) is 5.94. The Kier molecular flexibility index (Phi) is 5.64. The molecule has 3 nitrogen and oxygen atoms in total. The highest BCUT2D eigenvalue weighted by atomic mass is 16.5. The van der Waals surface area contributed by atoms with Crippen molar-refractivity contribution in [3.63, 3.8) is 0 Å². The molecular weight excluding hydrogens is 356 g/mol. The van der Waals surface area contributed by atoms with Crippen molar-refractivity contribution in [2.45, 2.75) is 13.0 Å². The van der Waals surface area contributed by atoms with Gasteiger partial charge in [-0.2, -0.15) is 5.26 Å². The van der Waals surface area contributed by atoms with Crippen molar-refractivity contribution >= 4 is 17.0 Å². The molecule has 0 saturated carbocycles. The third-order valence-corrected chi connectivity index (χ3v) is 4.67. The zero-order valence-electron chi connectivity index (χ0n) is 16.0. The monoisotopic (exact) mass is 376 g/mol. The quantitative estimate of drug-likeness (QED) is 0.391. The van der Waals surface area contributed by atoms with Crippen molar-refractivity contribution in [1.29, 1.82) is 5.26 Å². The summed E-state index contributed by atoms with van der Waals surface area (Å²) in [5.74, 6) is 0.806. The minimum atomic E-state index is 0.506. The van der Waals surface area contributed by atoms with Crippen molar-refractivity contribution in [1.82, 2.24) is 4.98 Å². The van der Waals surface area contributed by atoms with Crippen LogP contribution in [0.1, 0.15) is 22.4 Å². The zero-order chi connectivity index (χ0) is 19.9. The second-order valence-corrected chi connectivity index (χ2v) is 6.81. The van der Waals surface area contributed by atoms with E-state index in [2.05, 4.69) is 42.5 Å². The van der Waals surface area contributed by atoms with Gasteiger partial charge < -0.3 is 4.74 Å². The van der Waals surface area contributed by atoms with Crippen LogP contribution >= 0.6 is 0 Å². The lowest BCUT2D eigenvalue weighted by Gasteiger charge is -2.09. The second kappa shape index (κ2) is 8.86. The lowest BCUT2D eigenvalue weighted by atomic mass is 10.1. The number of benzene rings is 3. The molecule has 0 unspecified atom stereocenters. The number of hydrogen-bond donors (Lipinski definition) is 0. The Bertz CT molecular complexity index is 1190. The number of allylic oxidation sites excluding steroid dienone is 1. The van der Waals surface area contributed by atoms with Gasteiger partial charge in [0.15, 0.2) is 0 Å². The summed E-state index contributed by atoms with van der Waals surface area (Å²) in [6, 6.07) is 30.5. The summed E-state index contributed by atoms with van der Waals surface area (Å²) < 4.78 is 5.91. The van der Waals surface area contributed by atoms with E-state index >= 15 is 0 Å². The standard InChI is InChI=1S/C26H20N2O/c27-16-4-7-20-10-14-25(15-11-20)29-19-22-6-3-5-21(17-22)18-24-13-12-23-8-1-2-9-26(23)28-24/h1-15,17H,18-19H2. The number of para-hydroxylation sites is 1.